The molecule has 0 saturated heterocycles. The Morgan fingerprint density at radius 3 is 1.69 bits per heavy atom. The van der Waals surface area contributed by atoms with Crippen LogP contribution in [0.4, 0.5) is 0 Å². The molecule has 6 nitrogen and oxygen atoms in total. The van der Waals surface area contributed by atoms with E-state index in [1.54, 1.807) is 6.07 Å². The quantitative estimate of drug-likeness (QED) is 0.739. The van der Waals surface area contributed by atoms with Gasteiger partial charge in [0.05, 0.1) is 0 Å². The van der Waals surface area contributed by atoms with Crippen molar-refractivity contribution in [2.75, 3.05) is 0 Å². The fourth-order valence-electron chi connectivity index (χ4n) is 3.19. The van der Waals surface area contributed by atoms with Crippen LogP contribution in [-0.4, -0.2) is 25.9 Å². The summed E-state index contributed by atoms with van der Waals surface area (Å²) < 4.78 is 67.7. The molecule has 0 fully saturated rings. The molecule has 0 radical (unpaired) electrons. The van der Waals surface area contributed by atoms with Gasteiger partial charge in [0.1, 0.15) is 9.79 Å². The molecule has 8 heteroatoms. The van der Waals surface area contributed by atoms with Crippen molar-refractivity contribution in [3.8, 4) is 0 Å². The molecule has 2 rings (SSSR count). The summed E-state index contributed by atoms with van der Waals surface area (Å²) in [5, 5.41) is 0.112. The minimum absolute atomic E-state index is 0.0561. The summed E-state index contributed by atoms with van der Waals surface area (Å²) in [4.78, 5) is -0.719. The SMILES string of the molecule is CC(C)(C)c1cc2c(S(=O)(=O)O)cccc2c(S(=O)(=O)O)c1C(C)(C)C. The second kappa shape index (κ2) is 6.02. The topological polar surface area (TPSA) is 109 Å². The first-order chi connectivity index (χ1) is 11.5. The highest BCUT2D eigenvalue weighted by Crippen LogP contribution is 2.43. The molecule has 0 heterocycles. The normalized spacial score (nSPS) is 14.0. The molecule has 0 amide bonds. The molecular weight excluding hydrogens is 376 g/mol. The lowest BCUT2D eigenvalue weighted by Crippen LogP contribution is -2.25. The van der Waals surface area contributed by atoms with Gasteiger partial charge in [-0.15, -0.1) is 0 Å². The molecule has 0 bridgehead atoms. The Hall–Kier alpha value is -1.48. The summed E-state index contributed by atoms with van der Waals surface area (Å²) in [7, 11) is -9.24. The number of fused-ring (bicyclic) bond motifs is 1. The largest absolute Gasteiger partial charge is 0.295 e. The second-order valence-corrected chi connectivity index (χ2v) is 11.2. The Balaban J connectivity index is 3.32. The van der Waals surface area contributed by atoms with Gasteiger partial charge in [-0.1, -0.05) is 53.7 Å². The molecule has 144 valence electrons. The Kier molecular flexibility index (Phi) is 4.82. The zero-order valence-corrected chi connectivity index (χ0v) is 17.3. The van der Waals surface area contributed by atoms with Gasteiger partial charge in [-0.25, -0.2) is 0 Å². The van der Waals surface area contributed by atoms with E-state index < -0.39 is 36.0 Å². The van der Waals surface area contributed by atoms with Crippen molar-refractivity contribution in [3.05, 3.63) is 35.4 Å². The van der Waals surface area contributed by atoms with Crippen molar-refractivity contribution in [1.29, 1.82) is 0 Å². The lowest BCUT2D eigenvalue weighted by molar-refractivity contribution is 0.471. The molecule has 0 aliphatic rings. The van der Waals surface area contributed by atoms with Crippen molar-refractivity contribution >= 4 is 31.0 Å². The molecule has 0 unspecified atom stereocenters. The minimum atomic E-state index is -4.66. The van der Waals surface area contributed by atoms with Crippen LogP contribution in [0, 0.1) is 0 Å². The maximum atomic E-state index is 12.3. The van der Waals surface area contributed by atoms with Crippen LogP contribution in [-0.2, 0) is 31.1 Å². The third kappa shape index (κ3) is 3.78. The van der Waals surface area contributed by atoms with Crippen LogP contribution in [0.1, 0.15) is 52.7 Å². The predicted octanol–water partition coefficient (Wildman–Crippen LogP) is 3.93. The smallest absolute Gasteiger partial charge is 0.282 e. The van der Waals surface area contributed by atoms with Crippen molar-refractivity contribution in [2.45, 2.75) is 62.2 Å². The zero-order chi connectivity index (χ0) is 20.3. The van der Waals surface area contributed by atoms with Gasteiger partial charge in [0.15, 0.2) is 0 Å². The lowest BCUT2D eigenvalue weighted by atomic mass is 9.74. The Labute approximate surface area is 154 Å². The molecule has 2 aromatic rings. The first-order valence-corrected chi connectivity index (χ1v) is 10.9. The van der Waals surface area contributed by atoms with Crippen LogP contribution in [0.25, 0.3) is 10.8 Å². The van der Waals surface area contributed by atoms with Crippen molar-refractivity contribution in [1.82, 2.24) is 0 Å². The molecule has 0 aromatic heterocycles. The average molecular weight is 401 g/mol. The number of hydrogen-bond donors (Lipinski definition) is 2. The van der Waals surface area contributed by atoms with E-state index >= 15 is 0 Å². The molecule has 0 aliphatic heterocycles. The van der Waals surface area contributed by atoms with Gasteiger partial charge in [0, 0.05) is 10.8 Å². The van der Waals surface area contributed by atoms with E-state index in [1.807, 2.05) is 41.5 Å². The van der Waals surface area contributed by atoms with Crippen molar-refractivity contribution in [2.24, 2.45) is 0 Å². The number of hydrogen-bond acceptors (Lipinski definition) is 4. The highest BCUT2D eigenvalue weighted by molar-refractivity contribution is 7.86. The van der Waals surface area contributed by atoms with E-state index in [1.165, 1.54) is 18.2 Å². The molecule has 2 aromatic carbocycles. The summed E-state index contributed by atoms with van der Waals surface area (Å²) in [6, 6.07) is 5.56. The fourth-order valence-corrected chi connectivity index (χ4v) is 5.02. The fraction of sp³-hybridized carbons (Fsp3) is 0.444. The standard InChI is InChI=1S/C18H24O6S2/c1-17(2,3)13-10-12-11(8-7-9-14(12)25(19,20)21)16(26(22,23)24)15(13)18(4,5)6/h7-10H,1-6H3,(H,19,20,21)(H,22,23,24). The summed E-state index contributed by atoms with van der Waals surface area (Å²) in [5.74, 6) is 0. The van der Waals surface area contributed by atoms with E-state index in [0.29, 0.717) is 11.1 Å². The third-order valence-corrected chi connectivity index (χ3v) is 6.04. The first-order valence-electron chi connectivity index (χ1n) is 8.01. The monoisotopic (exact) mass is 400 g/mol. The van der Waals surface area contributed by atoms with Crippen LogP contribution in [0.2, 0.25) is 0 Å². The molecule has 26 heavy (non-hydrogen) atoms. The number of rotatable bonds is 2. The van der Waals surface area contributed by atoms with Crippen molar-refractivity contribution < 1.29 is 25.9 Å². The lowest BCUT2D eigenvalue weighted by Gasteiger charge is -2.32. The van der Waals surface area contributed by atoms with Gasteiger partial charge in [-0.05, 0) is 34.1 Å². The van der Waals surface area contributed by atoms with E-state index in [2.05, 4.69) is 0 Å². The highest BCUT2D eigenvalue weighted by atomic mass is 32.2. The molecule has 2 N–H and O–H groups in total. The summed E-state index contributed by atoms with van der Waals surface area (Å²) in [5.41, 5.74) is -0.174. The van der Waals surface area contributed by atoms with Crippen LogP contribution in [0.5, 0.6) is 0 Å². The van der Waals surface area contributed by atoms with Crippen LogP contribution >= 0.6 is 0 Å². The first kappa shape index (κ1) is 20.8. The minimum Gasteiger partial charge on any atom is -0.282 e. The molecule has 0 spiro atoms. The van der Waals surface area contributed by atoms with E-state index in [4.69, 9.17) is 0 Å². The van der Waals surface area contributed by atoms with Crippen LogP contribution in [0.3, 0.4) is 0 Å². The molecule has 0 atom stereocenters. The maximum Gasteiger partial charge on any atom is 0.295 e. The predicted molar refractivity (Wildman–Crippen MR) is 101 cm³/mol. The summed E-state index contributed by atoms with van der Waals surface area (Å²) in [6.07, 6.45) is 0. The van der Waals surface area contributed by atoms with Gasteiger partial charge in [0.2, 0.25) is 0 Å². The molecule has 0 saturated carbocycles. The Morgan fingerprint density at radius 1 is 0.769 bits per heavy atom. The third-order valence-electron chi connectivity index (χ3n) is 4.19. The van der Waals surface area contributed by atoms with Gasteiger partial charge >= 0.3 is 0 Å². The van der Waals surface area contributed by atoms with Gasteiger partial charge in [-0.2, -0.15) is 16.8 Å². The van der Waals surface area contributed by atoms with Crippen LogP contribution in [0.15, 0.2) is 34.1 Å². The highest BCUT2D eigenvalue weighted by Gasteiger charge is 2.34. The van der Waals surface area contributed by atoms with Gasteiger partial charge in [-0.3, -0.25) is 9.11 Å². The van der Waals surface area contributed by atoms with Gasteiger partial charge < -0.3 is 0 Å². The molecule has 0 aliphatic carbocycles. The van der Waals surface area contributed by atoms with E-state index in [0.717, 1.165) is 0 Å². The summed E-state index contributed by atoms with van der Waals surface area (Å²) in [6.45, 7) is 11.1. The van der Waals surface area contributed by atoms with Crippen LogP contribution < -0.4 is 0 Å². The van der Waals surface area contributed by atoms with E-state index in [-0.39, 0.29) is 15.7 Å². The average Bonchev–Trinajstić information content (AvgIpc) is 2.40. The summed E-state index contributed by atoms with van der Waals surface area (Å²) >= 11 is 0. The molecular formula is C18H24O6S2. The number of benzene rings is 2. The van der Waals surface area contributed by atoms with E-state index in [9.17, 15) is 25.9 Å². The zero-order valence-electron chi connectivity index (χ0n) is 15.7. The Morgan fingerprint density at radius 2 is 1.31 bits per heavy atom. The Bertz CT molecular complexity index is 1080. The van der Waals surface area contributed by atoms with Crippen molar-refractivity contribution in [3.63, 3.8) is 0 Å². The van der Waals surface area contributed by atoms with Gasteiger partial charge in [0.25, 0.3) is 20.2 Å². The second-order valence-electron chi connectivity index (χ2n) is 8.43. The maximum absolute atomic E-state index is 12.3.